The van der Waals surface area contributed by atoms with Crippen LogP contribution in [0.2, 0.25) is 5.02 Å². The molecule has 2 aliphatic rings. The largest absolute Gasteiger partial charge is 0.496 e. The van der Waals surface area contributed by atoms with Crippen LogP contribution in [0.3, 0.4) is 0 Å². The summed E-state index contributed by atoms with van der Waals surface area (Å²) >= 11 is 6.93. The lowest BCUT2D eigenvalue weighted by molar-refractivity contribution is -0.141. The number of anilines is 2. The Kier molecular flexibility index (Phi) is 11.1. The van der Waals surface area contributed by atoms with E-state index in [0.29, 0.717) is 54.2 Å². The third-order valence-corrected chi connectivity index (χ3v) is 10.7. The number of halogens is 4. The maximum absolute atomic E-state index is 14.4. The van der Waals surface area contributed by atoms with E-state index in [1.54, 1.807) is 18.5 Å². The number of likely N-dealkylation sites (tertiary alicyclic amines) is 2. The lowest BCUT2D eigenvalue weighted by Gasteiger charge is -2.20. The first-order valence-corrected chi connectivity index (χ1v) is 18.3. The number of rotatable bonds is 11. The van der Waals surface area contributed by atoms with E-state index < -0.39 is 23.6 Å². The first-order valence-electron chi connectivity index (χ1n) is 17.9. The number of β-amino-alcohol motifs (C(OH)–C–C–N with tert-alkyl or cyclic N) is 1. The second kappa shape index (κ2) is 16.0. The summed E-state index contributed by atoms with van der Waals surface area (Å²) in [5.74, 6) is -0.622. The van der Waals surface area contributed by atoms with Crippen LogP contribution in [-0.4, -0.2) is 80.3 Å². The van der Waals surface area contributed by atoms with Gasteiger partial charge >= 0.3 is 12.1 Å². The number of pyridine rings is 3. The highest BCUT2D eigenvalue weighted by atomic mass is 35.5. The molecule has 2 fully saturated rings. The molecule has 0 unspecified atom stereocenters. The van der Waals surface area contributed by atoms with Gasteiger partial charge in [-0.1, -0.05) is 35.9 Å². The molecular weight excluding hydrogens is 733 g/mol. The van der Waals surface area contributed by atoms with Gasteiger partial charge in [0, 0.05) is 73.5 Å². The molecule has 55 heavy (non-hydrogen) atoms. The Balaban J connectivity index is 1.14. The molecule has 3 N–H and O–H groups in total. The van der Waals surface area contributed by atoms with E-state index in [-0.39, 0.29) is 35.5 Å². The van der Waals surface area contributed by atoms with E-state index in [0.717, 1.165) is 46.8 Å². The summed E-state index contributed by atoms with van der Waals surface area (Å²) in [6, 6.07) is 13.7. The van der Waals surface area contributed by atoms with Crippen molar-refractivity contribution in [3.63, 3.8) is 0 Å². The first kappa shape index (κ1) is 38.2. The fourth-order valence-corrected chi connectivity index (χ4v) is 7.64. The molecule has 5 heterocycles. The molecule has 2 saturated heterocycles. The topological polar surface area (TPSA) is 124 Å². The number of hydrogen-bond donors (Lipinski definition) is 3. The summed E-state index contributed by atoms with van der Waals surface area (Å²) in [5, 5.41) is 23.9. The Morgan fingerprint density at radius 1 is 1.00 bits per heavy atom. The number of carboxylic acid groups (broad SMARTS) is 1. The standard InChI is InChI=1S/C41H40ClF3N6O4/c1-24-32(4-3-5-34(24)49-39-37-28(9-13-47-39)16-25(19-48-37)20-50-15-11-31(52)23-50)38-36(42)26(8-12-46-38)6-7-27-18-35(55-2)30(17-33(27)41(43,44)45)22-51-14-10-29(21-51)40(53)54/h3-9,12-13,16-19,29,31,52H,10-11,14-15,20-23H2,1-2H3,(H,47,49)(H,53,54)/b7-6+/t29-,31-/m1/s1. The number of carboxylic acids is 1. The summed E-state index contributed by atoms with van der Waals surface area (Å²) in [5.41, 5.74) is 4.36. The molecule has 0 spiro atoms. The number of ether oxygens (including phenoxy) is 1. The van der Waals surface area contributed by atoms with Gasteiger partial charge in [-0.2, -0.15) is 13.2 Å². The van der Waals surface area contributed by atoms with Crippen molar-refractivity contribution in [2.45, 2.75) is 45.1 Å². The number of methoxy groups -OCH3 is 1. The number of fused-ring (bicyclic) bond motifs is 1. The van der Waals surface area contributed by atoms with Crippen LogP contribution in [0, 0.1) is 12.8 Å². The highest BCUT2D eigenvalue weighted by molar-refractivity contribution is 6.34. The van der Waals surface area contributed by atoms with E-state index in [4.69, 9.17) is 21.3 Å². The van der Waals surface area contributed by atoms with Crippen LogP contribution < -0.4 is 10.1 Å². The Morgan fingerprint density at radius 3 is 2.49 bits per heavy atom. The smallest absolute Gasteiger partial charge is 0.417 e. The van der Waals surface area contributed by atoms with Gasteiger partial charge in [-0.25, -0.2) is 4.98 Å². The SMILES string of the molecule is COc1cc(/C=C/c2ccnc(-c3cccc(Nc4nccc5cc(CN6CC[C@@H](O)C6)cnc45)c3C)c2Cl)c(C(F)(F)F)cc1CN1CC[C@@H](C(=O)O)C1. The number of aliphatic hydroxyl groups excluding tert-OH is 1. The van der Waals surface area contributed by atoms with Crippen molar-refractivity contribution in [3.8, 4) is 17.0 Å². The molecule has 5 aromatic rings. The van der Waals surface area contributed by atoms with Gasteiger partial charge in [-0.3, -0.25) is 24.6 Å². The lowest BCUT2D eigenvalue weighted by Crippen LogP contribution is -2.23. The van der Waals surface area contributed by atoms with Crippen molar-refractivity contribution in [3.05, 3.63) is 106 Å². The number of benzene rings is 2. The van der Waals surface area contributed by atoms with Crippen LogP contribution in [0.15, 0.2) is 67.1 Å². The predicted molar refractivity (Wildman–Crippen MR) is 206 cm³/mol. The maximum atomic E-state index is 14.4. The van der Waals surface area contributed by atoms with Gasteiger partial charge in [0.25, 0.3) is 0 Å². The monoisotopic (exact) mass is 772 g/mol. The van der Waals surface area contributed by atoms with Crippen molar-refractivity contribution in [2.75, 3.05) is 38.6 Å². The van der Waals surface area contributed by atoms with Crippen LogP contribution in [0.25, 0.3) is 34.3 Å². The third-order valence-electron chi connectivity index (χ3n) is 10.3. The van der Waals surface area contributed by atoms with Crippen LogP contribution in [0.4, 0.5) is 24.7 Å². The third kappa shape index (κ3) is 8.45. The number of aromatic nitrogens is 3. The molecule has 2 atom stereocenters. The van der Waals surface area contributed by atoms with E-state index in [1.165, 1.54) is 25.3 Å². The van der Waals surface area contributed by atoms with Crippen LogP contribution in [0.5, 0.6) is 5.75 Å². The van der Waals surface area contributed by atoms with Gasteiger partial charge in [0.2, 0.25) is 0 Å². The minimum atomic E-state index is -4.66. The first-order chi connectivity index (χ1) is 26.4. The van der Waals surface area contributed by atoms with Gasteiger partial charge < -0.3 is 20.3 Å². The number of aliphatic hydroxyl groups is 1. The summed E-state index contributed by atoms with van der Waals surface area (Å²) < 4.78 is 48.8. The Morgan fingerprint density at radius 2 is 1.76 bits per heavy atom. The van der Waals surface area contributed by atoms with Crippen LogP contribution >= 0.6 is 11.6 Å². The van der Waals surface area contributed by atoms with Crippen molar-refractivity contribution < 1.29 is 32.9 Å². The Hall–Kier alpha value is -5.08. The van der Waals surface area contributed by atoms with Crippen molar-refractivity contribution in [2.24, 2.45) is 5.92 Å². The molecular formula is C41H40ClF3N6O4. The van der Waals surface area contributed by atoms with Gasteiger partial charge in [-0.15, -0.1) is 0 Å². The molecule has 286 valence electrons. The van der Waals surface area contributed by atoms with Gasteiger partial charge in [0.15, 0.2) is 5.82 Å². The highest BCUT2D eigenvalue weighted by Crippen LogP contribution is 2.39. The van der Waals surface area contributed by atoms with E-state index in [2.05, 4.69) is 26.3 Å². The molecule has 7 rings (SSSR count). The van der Waals surface area contributed by atoms with Crippen LogP contribution in [-0.2, 0) is 24.1 Å². The fraction of sp³-hybridized carbons (Fsp3) is 0.317. The number of alkyl halides is 3. The highest BCUT2D eigenvalue weighted by Gasteiger charge is 2.35. The van der Waals surface area contributed by atoms with Crippen molar-refractivity contribution >= 4 is 52.1 Å². The zero-order valence-electron chi connectivity index (χ0n) is 30.3. The molecule has 2 aliphatic heterocycles. The van der Waals surface area contributed by atoms with Crippen molar-refractivity contribution in [1.82, 2.24) is 24.8 Å². The fourth-order valence-electron chi connectivity index (χ4n) is 7.36. The minimum absolute atomic E-state index is 0.104. The Bertz CT molecular complexity index is 2270. The predicted octanol–water partition coefficient (Wildman–Crippen LogP) is 8.07. The van der Waals surface area contributed by atoms with Gasteiger partial charge in [0.05, 0.1) is 35.4 Å². The number of carbonyl (C=O) groups is 1. The van der Waals surface area contributed by atoms with Gasteiger partial charge in [-0.05, 0) is 85.0 Å². The van der Waals surface area contributed by atoms with Crippen LogP contribution in [0.1, 0.15) is 46.2 Å². The molecule has 0 radical (unpaired) electrons. The summed E-state index contributed by atoms with van der Waals surface area (Å²) in [6.07, 6.45) is 4.26. The molecule has 0 aliphatic carbocycles. The summed E-state index contributed by atoms with van der Waals surface area (Å²) in [4.78, 5) is 29.3. The maximum Gasteiger partial charge on any atom is 0.417 e. The molecule has 0 bridgehead atoms. The normalized spacial score (nSPS) is 18.1. The number of nitrogens with one attached hydrogen (secondary N) is 1. The van der Waals surface area contributed by atoms with E-state index in [1.807, 2.05) is 42.3 Å². The zero-order chi connectivity index (χ0) is 38.9. The molecule has 3 aromatic heterocycles. The van der Waals surface area contributed by atoms with E-state index in [9.17, 15) is 28.2 Å². The lowest BCUT2D eigenvalue weighted by atomic mass is 9.99. The molecule has 0 amide bonds. The molecule has 14 heteroatoms. The molecule has 0 saturated carbocycles. The Labute approximate surface area is 321 Å². The quantitative estimate of drug-likeness (QED) is 0.122. The van der Waals surface area contributed by atoms with Gasteiger partial charge in [0.1, 0.15) is 11.3 Å². The number of nitrogens with zero attached hydrogens (tertiary/aromatic N) is 5. The minimum Gasteiger partial charge on any atom is -0.496 e. The second-order valence-electron chi connectivity index (χ2n) is 14.1. The van der Waals surface area contributed by atoms with Crippen molar-refractivity contribution in [1.29, 1.82) is 0 Å². The average molecular weight is 773 g/mol. The molecule has 2 aromatic carbocycles. The second-order valence-corrected chi connectivity index (χ2v) is 14.4. The number of hydrogen-bond acceptors (Lipinski definition) is 9. The number of aliphatic carboxylic acids is 1. The molecule has 10 nitrogen and oxygen atoms in total. The average Bonchev–Trinajstić information content (AvgIpc) is 3.80. The van der Waals surface area contributed by atoms with E-state index >= 15 is 0 Å². The summed E-state index contributed by atoms with van der Waals surface area (Å²) in [6.45, 7) is 4.98. The zero-order valence-corrected chi connectivity index (χ0v) is 31.0. The summed E-state index contributed by atoms with van der Waals surface area (Å²) in [7, 11) is 1.40.